The van der Waals surface area contributed by atoms with Gasteiger partial charge in [0.05, 0.1) is 19.8 Å². The summed E-state index contributed by atoms with van der Waals surface area (Å²) in [5.74, 6) is 0.254. The third kappa shape index (κ3) is 3.42. The van der Waals surface area contributed by atoms with E-state index in [4.69, 9.17) is 4.74 Å². The second-order valence-electron chi connectivity index (χ2n) is 3.48. The summed E-state index contributed by atoms with van der Waals surface area (Å²) in [7, 11) is 3.83. The highest BCUT2D eigenvalue weighted by Crippen LogP contribution is 2.07. The molecule has 1 saturated heterocycles. The summed E-state index contributed by atoms with van der Waals surface area (Å²) in [5.41, 5.74) is 0. The first-order chi connectivity index (χ1) is 6.24. The van der Waals surface area contributed by atoms with E-state index in [0.717, 1.165) is 13.2 Å². The van der Waals surface area contributed by atoms with Crippen LogP contribution in [0.5, 0.6) is 0 Å². The number of Topliss-reactive ketones (excluding diaryl/α,β-unsaturated/α-hetero) is 1. The Bertz CT molecular complexity index is 173. The SMILES string of the molecule is CNCC(=O)CC1COCCN1C. The molecule has 0 aliphatic carbocycles. The van der Waals surface area contributed by atoms with E-state index in [9.17, 15) is 4.79 Å². The van der Waals surface area contributed by atoms with Crippen molar-refractivity contribution in [2.45, 2.75) is 12.5 Å². The van der Waals surface area contributed by atoms with Gasteiger partial charge in [0, 0.05) is 19.0 Å². The molecule has 0 radical (unpaired) electrons. The average molecular weight is 186 g/mol. The normalized spacial score (nSPS) is 24.6. The van der Waals surface area contributed by atoms with Crippen LogP contribution < -0.4 is 5.32 Å². The number of rotatable bonds is 4. The fourth-order valence-corrected chi connectivity index (χ4v) is 1.48. The lowest BCUT2D eigenvalue weighted by Gasteiger charge is -2.31. The maximum Gasteiger partial charge on any atom is 0.148 e. The number of hydrogen-bond acceptors (Lipinski definition) is 4. The second-order valence-corrected chi connectivity index (χ2v) is 3.48. The van der Waals surface area contributed by atoms with Crippen LogP contribution in [0, 0.1) is 0 Å². The topological polar surface area (TPSA) is 41.6 Å². The molecule has 76 valence electrons. The number of nitrogens with one attached hydrogen (secondary N) is 1. The van der Waals surface area contributed by atoms with Gasteiger partial charge in [0.1, 0.15) is 5.78 Å². The summed E-state index contributed by atoms with van der Waals surface area (Å²) in [4.78, 5) is 13.5. The van der Waals surface area contributed by atoms with Crippen LogP contribution in [-0.4, -0.2) is 57.1 Å². The van der Waals surface area contributed by atoms with Crippen LogP contribution in [0.2, 0.25) is 0 Å². The molecule has 0 aromatic rings. The summed E-state index contributed by atoms with van der Waals surface area (Å²) in [6.07, 6.45) is 0.595. The maximum absolute atomic E-state index is 11.3. The summed E-state index contributed by atoms with van der Waals surface area (Å²) in [6, 6.07) is 0.273. The smallest absolute Gasteiger partial charge is 0.148 e. The lowest BCUT2D eigenvalue weighted by molar-refractivity contribution is -0.120. The van der Waals surface area contributed by atoms with E-state index in [0.29, 0.717) is 19.6 Å². The zero-order valence-electron chi connectivity index (χ0n) is 8.38. The quantitative estimate of drug-likeness (QED) is 0.642. The van der Waals surface area contributed by atoms with Crippen molar-refractivity contribution >= 4 is 5.78 Å². The molecule has 1 atom stereocenters. The van der Waals surface area contributed by atoms with Gasteiger partial charge in [0.25, 0.3) is 0 Å². The molecule has 4 heteroatoms. The molecular weight excluding hydrogens is 168 g/mol. The standard InChI is InChI=1S/C9H18N2O2/c1-10-6-9(12)5-8-7-13-4-3-11(8)2/h8,10H,3-7H2,1-2H3. The molecule has 0 aromatic carbocycles. The van der Waals surface area contributed by atoms with Crippen LogP contribution in [0.25, 0.3) is 0 Å². The molecular formula is C9H18N2O2. The Labute approximate surface area is 79.2 Å². The van der Waals surface area contributed by atoms with E-state index in [1.54, 1.807) is 7.05 Å². The number of ether oxygens (including phenoxy) is 1. The van der Waals surface area contributed by atoms with Crippen molar-refractivity contribution in [1.29, 1.82) is 0 Å². The Balaban J connectivity index is 2.29. The lowest BCUT2D eigenvalue weighted by Crippen LogP contribution is -2.44. The van der Waals surface area contributed by atoms with E-state index in [2.05, 4.69) is 10.2 Å². The molecule has 1 N–H and O–H groups in total. The van der Waals surface area contributed by atoms with Gasteiger partial charge in [-0.2, -0.15) is 0 Å². The minimum Gasteiger partial charge on any atom is -0.378 e. The van der Waals surface area contributed by atoms with Crippen LogP contribution in [0.1, 0.15) is 6.42 Å². The highest BCUT2D eigenvalue weighted by Gasteiger charge is 2.21. The third-order valence-electron chi connectivity index (χ3n) is 2.36. The molecule has 1 unspecified atom stereocenters. The minimum absolute atomic E-state index is 0.254. The molecule has 1 rings (SSSR count). The fraction of sp³-hybridized carbons (Fsp3) is 0.889. The molecule has 1 heterocycles. The molecule has 1 aliphatic heterocycles. The molecule has 13 heavy (non-hydrogen) atoms. The number of ketones is 1. The zero-order valence-corrected chi connectivity index (χ0v) is 8.38. The third-order valence-corrected chi connectivity index (χ3v) is 2.36. The number of nitrogens with zero attached hydrogens (tertiary/aromatic N) is 1. The highest BCUT2D eigenvalue weighted by atomic mass is 16.5. The Morgan fingerprint density at radius 2 is 2.46 bits per heavy atom. The first-order valence-corrected chi connectivity index (χ1v) is 4.68. The number of carbonyl (C=O) groups is 1. The molecule has 4 nitrogen and oxygen atoms in total. The zero-order chi connectivity index (χ0) is 9.68. The number of hydrogen-bond donors (Lipinski definition) is 1. The summed E-state index contributed by atoms with van der Waals surface area (Å²) in [5, 5.41) is 2.86. The van der Waals surface area contributed by atoms with Crippen molar-refractivity contribution in [2.75, 3.05) is 40.4 Å². The predicted octanol–water partition coefficient (Wildman–Crippen LogP) is -0.504. The Hall–Kier alpha value is -0.450. The van der Waals surface area contributed by atoms with E-state index >= 15 is 0 Å². The lowest BCUT2D eigenvalue weighted by atomic mass is 10.1. The van der Waals surface area contributed by atoms with E-state index in [-0.39, 0.29) is 11.8 Å². The number of carbonyl (C=O) groups excluding carboxylic acids is 1. The van der Waals surface area contributed by atoms with Crippen LogP contribution in [0.4, 0.5) is 0 Å². The van der Waals surface area contributed by atoms with Crippen LogP contribution in [0.15, 0.2) is 0 Å². The van der Waals surface area contributed by atoms with Crippen molar-refractivity contribution in [1.82, 2.24) is 10.2 Å². The van der Waals surface area contributed by atoms with Gasteiger partial charge in [-0.15, -0.1) is 0 Å². The molecule has 1 fully saturated rings. The molecule has 1 aliphatic rings. The van der Waals surface area contributed by atoms with Crippen molar-refractivity contribution in [2.24, 2.45) is 0 Å². The molecule has 0 amide bonds. The first kappa shape index (κ1) is 10.6. The van der Waals surface area contributed by atoms with Crippen LogP contribution >= 0.6 is 0 Å². The van der Waals surface area contributed by atoms with Gasteiger partial charge in [-0.05, 0) is 14.1 Å². The molecule has 0 bridgehead atoms. The Morgan fingerprint density at radius 3 is 3.08 bits per heavy atom. The number of likely N-dealkylation sites (N-methyl/N-ethyl adjacent to an activating group) is 2. The van der Waals surface area contributed by atoms with Gasteiger partial charge >= 0.3 is 0 Å². The van der Waals surface area contributed by atoms with Crippen LogP contribution in [0.3, 0.4) is 0 Å². The molecule has 0 aromatic heterocycles. The summed E-state index contributed by atoms with van der Waals surface area (Å²) >= 11 is 0. The van der Waals surface area contributed by atoms with E-state index in [1.807, 2.05) is 7.05 Å². The summed E-state index contributed by atoms with van der Waals surface area (Å²) < 4.78 is 5.32. The van der Waals surface area contributed by atoms with Crippen molar-refractivity contribution in [3.8, 4) is 0 Å². The van der Waals surface area contributed by atoms with Gasteiger partial charge in [-0.25, -0.2) is 0 Å². The number of morpholine rings is 1. The van der Waals surface area contributed by atoms with E-state index < -0.39 is 0 Å². The second kappa shape index (κ2) is 5.32. The monoisotopic (exact) mass is 186 g/mol. The Morgan fingerprint density at radius 1 is 1.69 bits per heavy atom. The predicted molar refractivity (Wildman–Crippen MR) is 50.8 cm³/mol. The Kier molecular flexibility index (Phi) is 4.35. The van der Waals surface area contributed by atoms with Crippen molar-refractivity contribution < 1.29 is 9.53 Å². The van der Waals surface area contributed by atoms with Crippen molar-refractivity contribution in [3.05, 3.63) is 0 Å². The van der Waals surface area contributed by atoms with E-state index in [1.165, 1.54) is 0 Å². The maximum atomic E-state index is 11.3. The van der Waals surface area contributed by atoms with Gasteiger partial charge in [0.2, 0.25) is 0 Å². The van der Waals surface area contributed by atoms with Crippen LogP contribution in [-0.2, 0) is 9.53 Å². The van der Waals surface area contributed by atoms with Gasteiger partial charge in [-0.3, -0.25) is 9.69 Å². The van der Waals surface area contributed by atoms with Gasteiger partial charge < -0.3 is 10.1 Å². The van der Waals surface area contributed by atoms with Gasteiger partial charge in [-0.1, -0.05) is 0 Å². The summed E-state index contributed by atoms with van der Waals surface area (Å²) in [6.45, 7) is 2.86. The first-order valence-electron chi connectivity index (χ1n) is 4.68. The van der Waals surface area contributed by atoms with Crippen molar-refractivity contribution in [3.63, 3.8) is 0 Å². The molecule has 0 saturated carbocycles. The van der Waals surface area contributed by atoms with Gasteiger partial charge in [0.15, 0.2) is 0 Å². The largest absolute Gasteiger partial charge is 0.378 e. The minimum atomic E-state index is 0.254. The fourth-order valence-electron chi connectivity index (χ4n) is 1.48. The average Bonchev–Trinajstić information content (AvgIpc) is 2.09. The molecule has 0 spiro atoms. The highest BCUT2D eigenvalue weighted by molar-refractivity contribution is 5.81.